The number of non-ortho nitro benzene ring substituents is 1. The fourth-order valence-corrected chi connectivity index (χ4v) is 1.81. The molecule has 5 nitrogen and oxygen atoms in total. The Morgan fingerprint density at radius 3 is 2.70 bits per heavy atom. The number of nitrogens with two attached hydrogens (primary N) is 1. The summed E-state index contributed by atoms with van der Waals surface area (Å²) in [5.74, 6) is 0.700. The minimum absolute atomic E-state index is 0.0589. The first-order valence-corrected chi connectivity index (χ1v) is 6.28. The molecule has 0 amide bonds. The van der Waals surface area contributed by atoms with Crippen LogP contribution in [-0.2, 0) is 6.61 Å². The molecule has 2 rings (SSSR count). The maximum atomic E-state index is 10.7. The fraction of sp³-hybridized carbons (Fsp3) is 0.200. The van der Waals surface area contributed by atoms with Gasteiger partial charge in [-0.1, -0.05) is 24.3 Å². The molecule has 0 spiro atoms. The van der Waals surface area contributed by atoms with Gasteiger partial charge in [-0.05, 0) is 30.2 Å². The Labute approximate surface area is 117 Å². The molecule has 5 heteroatoms. The zero-order valence-corrected chi connectivity index (χ0v) is 11.2. The number of ether oxygens (including phenoxy) is 1. The first-order valence-electron chi connectivity index (χ1n) is 6.28. The molecule has 0 bridgehead atoms. The van der Waals surface area contributed by atoms with Gasteiger partial charge >= 0.3 is 0 Å². The number of nitro benzene ring substituents is 1. The number of hydrogen-bond acceptors (Lipinski definition) is 4. The van der Waals surface area contributed by atoms with Gasteiger partial charge < -0.3 is 10.5 Å². The van der Waals surface area contributed by atoms with Gasteiger partial charge in [0.05, 0.1) is 4.92 Å². The predicted octanol–water partition coefficient (Wildman–Crippen LogP) is 3.19. The molecule has 1 unspecified atom stereocenters. The lowest BCUT2D eigenvalue weighted by atomic mass is 10.1. The van der Waals surface area contributed by atoms with Crippen molar-refractivity contribution in [3.05, 3.63) is 69.8 Å². The van der Waals surface area contributed by atoms with Gasteiger partial charge in [0.1, 0.15) is 12.4 Å². The van der Waals surface area contributed by atoms with Gasteiger partial charge in [0.2, 0.25) is 0 Å². The lowest BCUT2D eigenvalue weighted by Crippen LogP contribution is -2.05. The Bertz CT molecular complexity index is 612. The van der Waals surface area contributed by atoms with Crippen molar-refractivity contribution < 1.29 is 9.66 Å². The molecule has 0 saturated carbocycles. The second-order valence-electron chi connectivity index (χ2n) is 4.58. The topological polar surface area (TPSA) is 78.4 Å². The lowest BCUT2D eigenvalue weighted by Gasteiger charge is -2.10. The van der Waals surface area contributed by atoms with Crippen molar-refractivity contribution in [2.24, 2.45) is 5.73 Å². The van der Waals surface area contributed by atoms with E-state index in [1.54, 1.807) is 12.1 Å². The van der Waals surface area contributed by atoms with E-state index in [0.717, 1.165) is 11.1 Å². The smallest absolute Gasteiger partial charge is 0.269 e. The number of nitrogens with zero attached hydrogens (tertiary/aromatic N) is 1. The van der Waals surface area contributed by atoms with Crippen LogP contribution in [0.5, 0.6) is 5.75 Å². The van der Waals surface area contributed by atoms with Crippen molar-refractivity contribution >= 4 is 5.69 Å². The SMILES string of the molecule is CC(N)c1cccc(OCc2cccc([N+](=O)[O-])c2)c1. The Morgan fingerprint density at radius 1 is 1.25 bits per heavy atom. The van der Waals surface area contributed by atoms with Crippen LogP contribution in [0.25, 0.3) is 0 Å². The molecule has 1 atom stereocenters. The molecular formula is C15H16N2O3. The third kappa shape index (κ3) is 3.55. The van der Waals surface area contributed by atoms with Crippen molar-refractivity contribution in [3.63, 3.8) is 0 Å². The van der Waals surface area contributed by atoms with E-state index in [-0.39, 0.29) is 18.3 Å². The summed E-state index contributed by atoms with van der Waals surface area (Å²) >= 11 is 0. The second kappa shape index (κ2) is 6.16. The number of hydrogen-bond donors (Lipinski definition) is 1. The number of nitro groups is 1. The van der Waals surface area contributed by atoms with E-state index in [1.165, 1.54) is 12.1 Å². The standard InChI is InChI=1S/C15H16N2O3/c1-11(16)13-5-3-7-15(9-13)20-10-12-4-2-6-14(8-12)17(18)19/h2-9,11H,10,16H2,1H3. The highest BCUT2D eigenvalue weighted by Gasteiger charge is 2.06. The van der Waals surface area contributed by atoms with Crippen LogP contribution >= 0.6 is 0 Å². The third-order valence-electron chi connectivity index (χ3n) is 2.91. The van der Waals surface area contributed by atoms with Gasteiger partial charge in [-0.3, -0.25) is 10.1 Å². The maximum Gasteiger partial charge on any atom is 0.269 e. The highest BCUT2D eigenvalue weighted by molar-refractivity contribution is 5.35. The summed E-state index contributed by atoms with van der Waals surface area (Å²) in [7, 11) is 0. The van der Waals surface area contributed by atoms with Crippen molar-refractivity contribution in [2.75, 3.05) is 0 Å². The van der Waals surface area contributed by atoms with E-state index < -0.39 is 4.92 Å². The van der Waals surface area contributed by atoms with Gasteiger partial charge in [0.15, 0.2) is 0 Å². The van der Waals surface area contributed by atoms with Crippen LogP contribution in [0.1, 0.15) is 24.1 Å². The van der Waals surface area contributed by atoms with Gasteiger partial charge in [-0.2, -0.15) is 0 Å². The highest BCUT2D eigenvalue weighted by Crippen LogP contribution is 2.20. The molecule has 0 heterocycles. The van der Waals surface area contributed by atoms with Gasteiger partial charge in [0.25, 0.3) is 5.69 Å². The molecule has 2 aromatic rings. The van der Waals surface area contributed by atoms with Crippen LogP contribution in [0.15, 0.2) is 48.5 Å². The Hall–Kier alpha value is -2.40. The molecule has 20 heavy (non-hydrogen) atoms. The quantitative estimate of drug-likeness (QED) is 0.669. The molecule has 2 aromatic carbocycles. The summed E-state index contributed by atoms with van der Waals surface area (Å²) in [5.41, 5.74) is 7.62. The van der Waals surface area contributed by atoms with Crippen LogP contribution in [0.2, 0.25) is 0 Å². The maximum absolute atomic E-state index is 10.7. The third-order valence-corrected chi connectivity index (χ3v) is 2.91. The minimum Gasteiger partial charge on any atom is -0.489 e. The van der Waals surface area contributed by atoms with E-state index in [0.29, 0.717) is 5.75 Å². The molecule has 104 valence electrons. The summed E-state index contributed by atoms with van der Waals surface area (Å²) in [6, 6.07) is 13.9. The molecule has 2 N–H and O–H groups in total. The molecule has 0 saturated heterocycles. The zero-order chi connectivity index (χ0) is 14.5. The van der Waals surface area contributed by atoms with Crippen LogP contribution in [0.4, 0.5) is 5.69 Å². The second-order valence-corrected chi connectivity index (χ2v) is 4.58. The normalized spacial score (nSPS) is 11.9. The molecule has 0 aliphatic carbocycles. The number of benzene rings is 2. The molecule has 0 radical (unpaired) electrons. The van der Waals surface area contributed by atoms with Crippen LogP contribution in [0.3, 0.4) is 0 Å². The zero-order valence-electron chi connectivity index (χ0n) is 11.2. The van der Waals surface area contributed by atoms with Gasteiger partial charge in [-0.15, -0.1) is 0 Å². The molecule has 0 fully saturated rings. The monoisotopic (exact) mass is 272 g/mol. The molecule has 0 aromatic heterocycles. The van der Waals surface area contributed by atoms with Gasteiger partial charge in [-0.25, -0.2) is 0 Å². The Kier molecular flexibility index (Phi) is 4.32. The minimum atomic E-state index is -0.416. The summed E-state index contributed by atoms with van der Waals surface area (Å²) in [6.45, 7) is 2.18. The first kappa shape index (κ1) is 14.0. The largest absolute Gasteiger partial charge is 0.489 e. The van der Waals surface area contributed by atoms with Crippen molar-refractivity contribution in [2.45, 2.75) is 19.6 Å². The highest BCUT2D eigenvalue weighted by atomic mass is 16.6. The lowest BCUT2D eigenvalue weighted by molar-refractivity contribution is -0.384. The molecule has 0 aliphatic rings. The Balaban J connectivity index is 2.07. The number of rotatable bonds is 5. The predicted molar refractivity (Wildman–Crippen MR) is 76.5 cm³/mol. The summed E-state index contributed by atoms with van der Waals surface area (Å²) in [5, 5.41) is 10.7. The first-order chi connectivity index (χ1) is 9.56. The summed E-state index contributed by atoms with van der Waals surface area (Å²) < 4.78 is 5.64. The van der Waals surface area contributed by atoms with E-state index in [1.807, 2.05) is 31.2 Å². The van der Waals surface area contributed by atoms with Crippen molar-refractivity contribution in [1.82, 2.24) is 0 Å². The van der Waals surface area contributed by atoms with Crippen LogP contribution < -0.4 is 10.5 Å². The van der Waals surface area contributed by atoms with Crippen LogP contribution in [-0.4, -0.2) is 4.92 Å². The Morgan fingerprint density at radius 2 is 2.00 bits per heavy atom. The average molecular weight is 272 g/mol. The van der Waals surface area contributed by atoms with E-state index in [2.05, 4.69) is 0 Å². The summed E-state index contributed by atoms with van der Waals surface area (Å²) in [4.78, 5) is 10.3. The molecular weight excluding hydrogens is 256 g/mol. The van der Waals surface area contributed by atoms with Crippen molar-refractivity contribution in [1.29, 1.82) is 0 Å². The average Bonchev–Trinajstić information content (AvgIpc) is 2.45. The summed E-state index contributed by atoms with van der Waals surface area (Å²) in [6.07, 6.45) is 0. The van der Waals surface area contributed by atoms with E-state index >= 15 is 0 Å². The van der Waals surface area contributed by atoms with Crippen LogP contribution in [0, 0.1) is 10.1 Å². The van der Waals surface area contributed by atoms with E-state index in [9.17, 15) is 10.1 Å². The molecule has 0 aliphatic heterocycles. The van der Waals surface area contributed by atoms with Gasteiger partial charge in [0, 0.05) is 18.2 Å². The van der Waals surface area contributed by atoms with E-state index in [4.69, 9.17) is 10.5 Å². The van der Waals surface area contributed by atoms with Crippen molar-refractivity contribution in [3.8, 4) is 5.75 Å². The fourth-order valence-electron chi connectivity index (χ4n) is 1.81.